The van der Waals surface area contributed by atoms with Crippen LogP contribution in [0.25, 0.3) is 0 Å². The molecular weight excluding hydrogens is 240 g/mol. The van der Waals surface area contributed by atoms with Gasteiger partial charge in [-0.2, -0.15) is 0 Å². The molecule has 4 heteroatoms. The number of hydrogen-bond donors (Lipinski definition) is 2. The number of carbonyl (C=O) groups excluding carboxylic acids is 1. The standard InChI is InChI=1S/C15H24N2O2/c1-5-11(3)16-15(19)17(6-2)12(4)13-8-7-9-14(18)10-13/h7-12,18H,5-6H2,1-4H3,(H,16,19)/t11-,12-/m1/s1. The number of hydrogen-bond acceptors (Lipinski definition) is 2. The fourth-order valence-electron chi connectivity index (χ4n) is 1.95. The Hall–Kier alpha value is -1.71. The van der Waals surface area contributed by atoms with Crippen LogP contribution in [-0.4, -0.2) is 28.6 Å². The van der Waals surface area contributed by atoms with Gasteiger partial charge in [0.25, 0.3) is 0 Å². The predicted octanol–water partition coefficient (Wildman–Crippen LogP) is 3.28. The van der Waals surface area contributed by atoms with Gasteiger partial charge in [-0.05, 0) is 44.9 Å². The minimum atomic E-state index is -0.0684. The summed E-state index contributed by atoms with van der Waals surface area (Å²) >= 11 is 0. The zero-order valence-electron chi connectivity index (χ0n) is 12.2. The van der Waals surface area contributed by atoms with Crippen molar-refractivity contribution in [2.45, 2.75) is 46.2 Å². The van der Waals surface area contributed by atoms with E-state index in [0.717, 1.165) is 12.0 Å². The molecule has 2 N–H and O–H groups in total. The van der Waals surface area contributed by atoms with Crippen molar-refractivity contribution in [3.05, 3.63) is 29.8 Å². The van der Waals surface area contributed by atoms with Crippen LogP contribution in [0.1, 0.15) is 45.7 Å². The van der Waals surface area contributed by atoms with Gasteiger partial charge in [0.05, 0.1) is 6.04 Å². The maximum absolute atomic E-state index is 12.2. The third kappa shape index (κ3) is 4.16. The number of nitrogens with one attached hydrogen (secondary N) is 1. The van der Waals surface area contributed by atoms with Crippen molar-refractivity contribution in [3.63, 3.8) is 0 Å². The fourth-order valence-corrected chi connectivity index (χ4v) is 1.95. The van der Waals surface area contributed by atoms with Gasteiger partial charge < -0.3 is 15.3 Å². The summed E-state index contributed by atoms with van der Waals surface area (Å²) < 4.78 is 0. The summed E-state index contributed by atoms with van der Waals surface area (Å²) in [5.74, 6) is 0.225. The Morgan fingerprint density at radius 2 is 2.05 bits per heavy atom. The quantitative estimate of drug-likeness (QED) is 0.857. The van der Waals surface area contributed by atoms with Gasteiger partial charge in [0, 0.05) is 12.6 Å². The van der Waals surface area contributed by atoms with Crippen molar-refractivity contribution >= 4 is 6.03 Å². The first-order valence-electron chi connectivity index (χ1n) is 6.85. The van der Waals surface area contributed by atoms with Crippen molar-refractivity contribution in [3.8, 4) is 5.75 Å². The first-order valence-corrected chi connectivity index (χ1v) is 6.85. The van der Waals surface area contributed by atoms with Crippen LogP contribution in [0.2, 0.25) is 0 Å². The number of phenolic OH excluding ortho intramolecular Hbond substituents is 1. The summed E-state index contributed by atoms with van der Waals surface area (Å²) in [5.41, 5.74) is 0.932. The molecule has 0 aliphatic heterocycles. The van der Waals surface area contributed by atoms with Gasteiger partial charge in [0.15, 0.2) is 0 Å². The molecule has 0 aliphatic rings. The zero-order valence-corrected chi connectivity index (χ0v) is 12.2. The highest BCUT2D eigenvalue weighted by atomic mass is 16.3. The number of amides is 2. The molecule has 0 unspecified atom stereocenters. The van der Waals surface area contributed by atoms with Gasteiger partial charge in [-0.3, -0.25) is 0 Å². The summed E-state index contributed by atoms with van der Waals surface area (Å²) in [6.45, 7) is 8.58. The van der Waals surface area contributed by atoms with Gasteiger partial charge >= 0.3 is 6.03 Å². The molecule has 0 saturated heterocycles. The first kappa shape index (κ1) is 15.3. The minimum Gasteiger partial charge on any atom is -0.508 e. The van der Waals surface area contributed by atoms with Gasteiger partial charge in [-0.1, -0.05) is 19.1 Å². The van der Waals surface area contributed by atoms with Crippen LogP contribution in [0, 0.1) is 0 Å². The Labute approximate surface area is 115 Å². The molecule has 0 radical (unpaired) electrons. The number of urea groups is 1. The zero-order chi connectivity index (χ0) is 14.4. The highest BCUT2D eigenvalue weighted by molar-refractivity contribution is 5.75. The fraction of sp³-hybridized carbons (Fsp3) is 0.533. The minimum absolute atomic E-state index is 0.0623. The van der Waals surface area contributed by atoms with Crippen LogP contribution in [0.3, 0.4) is 0 Å². The largest absolute Gasteiger partial charge is 0.508 e. The molecule has 0 aromatic heterocycles. The number of aromatic hydroxyl groups is 1. The monoisotopic (exact) mass is 264 g/mol. The molecule has 1 rings (SSSR count). The summed E-state index contributed by atoms with van der Waals surface area (Å²) in [5, 5.41) is 12.5. The number of benzene rings is 1. The molecule has 2 amide bonds. The number of phenols is 1. The van der Waals surface area contributed by atoms with Crippen molar-refractivity contribution in [1.29, 1.82) is 0 Å². The second kappa shape index (κ2) is 7.02. The average Bonchev–Trinajstić information content (AvgIpc) is 2.39. The second-order valence-electron chi connectivity index (χ2n) is 4.82. The van der Waals surface area contributed by atoms with E-state index in [0.29, 0.717) is 6.54 Å². The van der Waals surface area contributed by atoms with E-state index in [1.54, 1.807) is 23.1 Å². The van der Waals surface area contributed by atoms with Crippen molar-refractivity contribution < 1.29 is 9.90 Å². The molecule has 106 valence electrons. The third-order valence-electron chi connectivity index (χ3n) is 3.40. The topological polar surface area (TPSA) is 52.6 Å². The van der Waals surface area contributed by atoms with E-state index >= 15 is 0 Å². The Morgan fingerprint density at radius 1 is 1.37 bits per heavy atom. The van der Waals surface area contributed by atoms with E-state index in [4.69, 9.17) is 0 Å². The smallest absolute Gasteiger partial charge is 0.318 e. The number of nitrogens with zero attached hydrogens (tertiary/aromatic N) is 1. The van der Waals surface area contributed by atoms with Gasteiger partial charge in [0.2, 0.25) is 0 Å². The molecule has 0 fully saturated rings. The van der Waals surface area contributed by atoms with Crippen LogP contribution in [0.15, 0.2) is 24.3 Å². The predicted molar refractivity (Wildman–Crippen MR) is 77.2 cm³/mol. The van der Waals surface area contributed by atoms with E-state index in [2.05, 4.69) is 5.32 Å². The van der Waals surface area contributed by atoms with E-state index in [9.17, 15) is 9.90 Å². The van der Waals surface area contributed by atoms with Gasteiger partial charge in [-0.25, -0.2) is 4.79 Å². The van der Waals surface area contributed by atoms with Crippen molar-refractivity contribution in [2.75, 3.05) is 6.54 Å². The molecular formula is C15H24N2O2. The van der Waals surface area contributed by atoms with Crippen LogP contribution in [-0.2, 0) is 0 Å². The van der Waals surface area contributed by atoms with Crippen LogP contribution >= 0.6 is 0 Å². The molecule has 4 nitrogen and oxygen atoms in total. The van der Waals surface area contributed by atoms with Crippen molar-refractivity contribution in [1.82, 2.24) is 10.2 Å². The molecule has 1 aromatic rings. The van der Waals surface area contributed by atoms with Crippen LogP contribution in [0.5, 0.6) is 5.75 Å². The van der Waals surface area contributed by atoms with E-state index < -0.39 is 0 Å². The highest BCUT2D eigenvalue weighted by Gasteiger charge is 2.20. The number of carbonyl (C=O) groups is 1. The average molecular weight is 264 g/mol. The second-order valence-corrected chi connectivity index (χ2v) is 4.82. The summed E-state index contributed by atoms with van der Waals surface area (Å²) in [6, 6.07) is 7.08. The van der Waals surface area contributed by atoms with Crippen molar-refractivity contribution in [2.24, 2.45) is 0 Å². The van der Waals surface area contributed by atoms with E-state index in [1.165, 1.54) is 0 Å². The summed E-state index contributed by atoms with van der Waals surface area (Å²) in [4.78, 5) is 14.0. The van der Waals surface area contributed by atoms with Gasteiger partial charge in [0.1, 0.15) is 5.75 Å². The lowest BCUT2D eigenvalue weighted by atomic mass is 10.1. The Morgan fingerprint density at radius 3 is 2.58 bits per heavy atom. The first-order chi connectivity index (χ1) is 8.99. The molecule has 2 atom stereocenters. The molecule has 0 bridgehead atoms. The van der Waals surface area contributed by atoms with Gasteiger partial charge in [-0.15, -0.1) is 0 Å². The van der Waals surface area contributed by atoms with E-state index in [1.807, 2.05) is 33.8 Å². The molecule has 1 aromatic carbocycles. The lowest BCUT2D eigenvalue weighted by Crippen LogP contribution is -2.44. The maximum atomic E-state index is 12.2. The normalized spacial score (nSPS) is 13.7. The summed E-state index contributed by atoms with van der Waals surface area (Å²) in [7, 11) is 0. The molecule has 0 aliphatic carbocycles. The Bertz CT molecular complexity index is 420. The third-order valence-corrected chi connectivity index (χ3v) is 3.40. The van der Waals surface area contributed by atoms with Crippen LogP contribution in [0.4, 0.5) is 4.79 Å². The van der Waals surface area contributed by atoms with E-state index in [-0.39, 0.29) is 23.9 Å². The SMILES string of the molecule is CC[C@@H](C)NC(=O)N(CC)[C@H](C)c1cccc(O)c1. The maximum Gasteiger partial charge on any atom is 0.318 e. The lowest BCUT2D eigenvalue weighted by Gasteiger charge is -2.30. The molecule has 0 spiro atoms. The molecule has 19 heavy (non-hydrogen) atoms. The Balaban J connectivity index is 2.81. The number of rotatable bonds is 5. The molecule has 0 heterocycles. The highest BCUT2D eigenvalue weighted by Crippen LogP contribution is 2.23. The Kier molecular flexibility index (Phi) is 5.67. The molecule has 0 saturated carbocycles. The lowest BCUT2D eigenvalue weighted by molar-refractivity contribution is 0.179. The summed E-state index contributed by atoms with van der Waals surface area (Å²) in [6.07, 6.45) is 0.907. The van der Waals surface area contributed by atoms with Crippen LogP contribution < -0.4 is 5.32 Å².